The van der Waals surface area contributed by atoms with Gasteiger partial charge in [0, 0.05) is 6.04 Å². The highest BCUT2D eigenvalue weighted by Crippen LogP contribution is 2.17. The van der Waals surface area contributed by atoms with Crippen molar-refractivity contribution in [2.24, 2.45) is 0 Å². The van der Waals surface area contributed by atoms with Crippen molar-refractivity contribution in [3.63, 3.8) is 0 Å². The largest absolute Gasteiger partial charge is 0.309 e. The lowest BCUT2D eigenvalue weighted by Crippen LogP contribution is -2.33. The zero-order chi connectivity index (χ0) is 33.6. The predicted octanol–water partition coefficient (Wildman–Crippen LogP) is 13.6. The van der Waals surface area contributed by atoms with Gasteiger partial charge >= 0.3 is 0 Å². The second-order valence-electron chi connectivity index (χ2n) is 14.1. The molecule has 0 heterocycles. The molecule has 0 aromatic rings. The Balaban J connectivity index is 3.99. The molecule has 0 bridgehead atoms. The number of rotatable bonds is 36. The molecule has 0 rings (SSSR count). The molecular weight excluding hydrogens is 560 g/mol. The summed E-state index contributed by atoms with van der Waals surface area (Å²) in [6.45, 7) is 7.89. The molecule has 0 aromatic carbocycles. The lowest BCUT2D eigenvalue weighted by atomic mass is 10.0. The first-order valence-corrected chi connectivity index (χ1v) is 20.3. The Labute approximate surface area is 290 Å². The first-order valence-electron chi connectivity index (χ1n) is 20.3. The Morgan fingerprint density at radius 2 is 0.848 bits per heavy atom. The number of hydroxylamine groups is 1. The molecule has 1 N–H and O–H groups in total. The van der Waals surface area contributed by atoms with E-state index in [1.165, 1.54) is 154 Å². The Bertz CT molecular complexity index is 647. The molecule has 0 fully saturated rings. The minimum atomic E-state index is 0.360. The molecule has 3 nitrogen and oxygen atoms in total. The van der Waals surface area contributed by atoms with Crippen LogP contribution in [0.3, 0.4) is 0 Å². The van der Waals surface area contributed by atoms with Crippen molar-refractivity contribution >= 4 is 0 Å². The number of nitrogens with one attached hydrogen (secondary N) is 1. The van der Waals surface area contributed by atoms with Crippen molar-refractivity contribution < 1.29 is 4.84 Å². The van der Waals surface area contributed by atoms with Crippen molar-refractivity contribution in [2.45, 2.75) is 206 Å². The normalized spacial score (nSPS) is 13.9. The molecule has 0 aliphatic rings. The molecule has 3 heteroatoms. The minimum Gasteiger partial charge on any atom is -0.309 e. The quantitative estimate of drug-likeness (QED) is 0.0418. The van der Waals surface area contributed by atoms with Crippen LogP contribution in [-0.2, 0) is 4.84 Å². The summed E-state index contributed by atoms with van der Waals surface area (Å²) < 4.78 is 0. The molecule has 0 saturated heterocycles. The van der Waals surface area contributed by atoms with Crippen molar-refractivity contribution in [3.8, 4) is 0 Å². The molecule has 0 amide bonds. The van der Waals surface area contributed by atoms with Crippen LogP contribution < -0.4 is 5.48 Å². The van der Waals surface area contributed by atoms with Crippen LogP contribution in [0.5, 0.6) is 0 Å². The van der Waals surface area contributed by atoms with E-state index in [4.69, 9.17) is 4.84 Å². The van der Waals surface area contributed by atoms with Gasteiger partial charge in [-0.3, -0.25) is 4.84 Å². The molecule has 0 aliphatic heterocycles. The third kappa shape index (κ3) is 37.3. The summed E-state index contributed by atoms with van der Waals surface area (Å²) in [5, 5.41) is 0. The maximum atomic E-state index is 6.29. The van der Waals surface area contributed by atoms with Crippen LogP contribution in [0.15, 0.2) is 48.6 Å². The van der Waals surface area contributed by atoms with Crippen molar-refractivity contribution in [1.29, 1.82) is 0 Å². The summed E-state index contributed by atoms with van der Waals surface area (Å²) >= 11 is 0. The van der Waals surface area contributed by atoms with E-state index in [2.05, 4.69) is 93.9 Å². The molecule has 0 saturated carbocycles. The van der Waals surface area contributed by atoms with Crippen molar-refractivity contribution in [3.05, 3.63) is 48.6 Å². The number of hydrogen-bond acceptors (Lipinski definition) is 3. The van der Waals surface area contributed by atoms with Gasteiger partial charge in [0.05, 0.1) is 6.10 Å². The van der Waals surface area contributed by atoms with E-state index in [1.807, 2.05) is 0 Å². The average molecular weight is 643 g/mol. The van der Waals surface area contributed by atoms with E-state index < -0.39 is 0 Å². The van der Waals surface area contributed by atoms with Crippen LogP contribution in [0.4, 0.5) is 0 Å². The van der Waals surface area contributed by atoms with Gasteiger partial charge < -0.3 is 4.90 Å². The fourth-order valence-corrected chi connectivity index (χ4v) is 5.71. The van der Waals surface area contributed by atoms with E-state index in [-0.39, 0.29) is 0 Å². The molecule has 270 valence electrons. The van der Waals surface area contributed by atoms with Gasteiger partial charge in [0.25, 0.3) is 0 Å². The molecule has 1 atom stereocenters. The first kappa shape index (κ1) is 44.8. The maximum absolute atomic E-state index is 6.29. The average Bonchev–Trinajstić information content (AvgIpc) is 3.05. The number of unbranched alkanes of at least 4 members (excludes halogenated alkanes) is 18. The molecule has 0 radical (unpaired) electrons. The Morgan fingerprint density at radius 1 is 0.478 bits per heavy atom. The first-order chi connectivity index (χ1) is 22.6. The summed E-state index contributed by atoms with van der Waals surface area (Å²) in [4.78, 5) is 8.55. The van der Waals surface area contributed by atoms with Gasteiger partial charge in [-0.25, -0.2) is 0 Å². The smallest absolute Gasteiger partial charge is 0.0790 e. The third-order valence-corrected chi connectivity index (χ3v) is 8.90. The zero-order valence-corrected chi connectivity index (χ0v) is 31.9. The molecule has 1 unspecified atom stereocenters. The van der Waals surface area contributed by atoms with E-state index in [0.717, 1.165) is 25.8 Å². The highest BCUT2D eigenvalue weighted by molar-refractivity contribution is 4.93. The molecule has 0 spiro atoms. The van der Waals surface area contributed by atoms with Gasteiger partial charge in [-0.15, -0.1) is 0 Å². The van der Waals surface area contributed by atoms with Crippen LogP contribution in [0.1, 0.15) is 194 Å². The fraction of sp³-hybridized carbons (Fsp3) is 0.814. The standard InChI is InChI=1S/C43H82N2O/c1-6-8-10-12-14-16-18-20-22-24-26-28-30-32-34-36-38-43(46-44-42(3)40-41-45(4)5)39-37-35-33-31-29-27-25-23-21-19-17-15-13-11-9-7-2/h14-17,20-23,42-44H,6-13,18-19,24-41H2,1-5H3. The molecule has 46 heavy (non-hydrogen) atoms. The van der Waals surface area contributed by atoms with Crippen LogP contribution in [0.2, 0.25) is 0 Å². The van der Waals surface area contributed by atoms with Gasteiger partial charge in [-0.1, -0.05) is 152 Å². The van der Waals surface area contributed by atoms with Gasteiger partial charge in [-0.2, -0.15) is 5.48 Å². The maximum Gasteiger partial charge on any atom is 0.0790 e. The van der Waals surface area contributed by atoms with E-state index >= 15 is 0 Å². The van der Waals surface area contributed by atoms with Gasteiger partial charge in [-0.05, 0) is 111 Å². The highest BCUT2D eigenvalue weighted by atomic mass is 16.7. The van der Waals surface area contributed by atoms with Crippen LogP contribution in [0, 0.1) is 0 Å². The van der Waals surface area contributed by atoms with Crippen LogP contribution in [0.25, 0.3) is 0 Å². The van der Waals surface area contributed by atoms with Gasteiger partial charge in [0.1, 0.15) is 0 Å². The summed E-state index contributed by atoms with van der Waals surface area (Å²) in [7, 11) is 4.29. The Kier molecular flexibility index (Phi) is 37.3. The number of hydrogen-bond donors (Lipinski definition) is 1. The molecule has 0 aromatic heterocycles. The fourth-order valence-electron chi connectivity index (χ4n) is 5.71. The summed E-state index contributed by atoms with van der Waals surface area (Å²) in [6.07, 6.45) is 54.1. The lowest BCUT2D eigenvalue weighted by molar-refractivity contribution is -0.0519. The van der Waals surface area contributed by atoms with E-state index in [0.29, 0.717) is 12.1 Å². The second kappa shape index (κ2) is 38.3. The molecular formula is C43H82N2O. The number of nitrogens with zero attached hydrogens (tertiary/aromatic N) is 1. The third-order valence-electron chi connectivity index (χ3n) is 8.90. The van der Waals surface area contributed by atoms with Gasteiger partial charge in [0.2, 0.25) is 0 Å². The second-order valence-corrected chi connectivity index (χ2v) is 14.1. The Hall–Kier alpha value is -1.16. The summed E-state index contributed by atoms with van der Waals surface area (Å²) in [6, 6.07) is 0.400. The molecule has 0 aliphatic carbocycles. The Morgan fingerprint density at radius 3 is 1.24 bits per heavy atom. The topological polar surface area (TPSA) is 24.5 Å². The summed E-state index contributed by atoms with van der Waals surface area (Å²) in [5.74, 6) is 0. The minimum absolute atomic E-state index is 0.360. The van der Waals surface area contributed by atoms with E-state index in [1.54, 1.807) is 0 Å². The van der Waals surface area contributed by atoms with Crippen LogP contribution >= 0.6 is 0 Å². The van der Waals surface area contributed by atoms with Crippen LogP contribution in [-0.4, -0.2) is 37.7 Å². The lowest BCUT2D eigenvalue weighted by Gasteiger charge is -2.22. The number of allylic oxidation sites excluding steroid dienone is 8. The monoisotopic (exact) mass is 643 g/mol. The zero-order valence-electron chi connectivity index (χ0n) is 31.9. The predicted molar refractivity (Wildman–Crippen MR) is 209 cm³/mol. The highest BCUT2D eigenvalue weighted by Gasteiger charge is 2.12. The summed E-state index contributed by atoms with van der Waals surface area (Å²) in [5.41, 5.74) is 3.40. The van der Waals surface area contributed by atoms with Gasteiger partial charge in [0.15, 0.2) is 0 Å². The van der Waals surface area contributed by atoms with Crippen molar-refractivity contribution in [2.75, 3.05) is 20.6 Å². The van der Waals surface area contributed by atoms with E-state index in [9.17, 15) is 0 Å². The van der Waals surface area contributed by atoms with Crippen molar-refractivity contribution in [1.82, 2.24) is 10.4 Å². The SMILES string of the molecule is CCCCCC=CCC=CCCCCCCCCC(CCCCCCCCC=CCC=CCCCCC)ONC(C)CCN(C)C.